The lowest BCUT2D eigenvalue weighted by Crippen LogP contribution is -2.36. The Bertz CT molecular complexity index is 451. The summed E-state index contributed by atoms with van der Waals surface area (Å²) < 4.78 is 5.22. The molecule has 21 heavy (non-hydrogen) atoms. The zero-order valence-electron chi connectivity index (χ0n) is 13.2. The van der Waals surface area contributed by atoms with Crippen LogP contribution in [0.3, 0.4) is 0 Å². The molecule has 4 nitrogen and oxygen atoms in total. The highest BCUT2D eigenvalue weighted by Crippen LogP contribution is 2.24. The van der Waals surface area contributed by atoms with Crippen LogP contribution in [0.25, 0.3) is 0 Å². The minimum atomic E-state index is 0.429. The number of methoxy groups -OCH3 is 1. The SMILES string of the molecule is CCC(C)N(CCOC)c1ccc(Cl)c(CNC2CC2)n1. The van der Waals surface area contributed by atoms with Crippen molar-refractivity contribution in [2.24, 2.45) is 0 Å². The molecule has 1 atom stereocenters. The number of pyridine rings is 1. The van der Waals surface area contributed by atoms with E-state index in [1.807, 2.05) is 12.1 Å². The van der Waals surface area contributed by atoms with Crippen molar-refractivity contribution in [2.75, 3.05) is 25.2 Å². The lowest BCUT2D eigenvalue weighted by Gasteiger charge is -2.30. The normalized spacial score (nSPS) is 16.0. The second-order valence-electron chi connectivity index (χ2n) is 5.70. The number of nitrogens with zero attached hydrogens (tertiary/aromatic N) is 2. The molecule has 0 spiro atoms. The molecule has 0 amide bonds. The van der Waals surface area contributed by atoms with Gasteiger partial charge in [-0.25, -0.2) is 4.98 Å². The van der Waals surface area contributed by atoms with Crippen LogP contribution in [-0.4, -0.2) is 37.3 Å². The molecular formula is C16H26ClN3O. The van der Waals surface area contributed by atoms with E-state index in [-0.39, 0.29) is 0 Å². The first-order valence-electron chi connectivity index (χ1n) is 7.80. The Hall–Kier alpha value is -0.840. The lowest BCUT2D eigenvalue weighted by molar-refractivity contribution is 0.203. The number of anilines is 1. The zero-order valence-corrected chi connectivity index (χ0v) is 14.0. The van der Waals surface area contributed by atoms with E-state index in [2.05, 4.69) is 24.1 Å². The van der Waals surface area contributed by atoms with Crippen molar-refractivity contribution in [1.29, 1.82) is 0 Å². The van der Waals surface area contributed by atoms with E-state index in [9.17, 15) is 0 Å². The minimum absolute atomic E-state index is 0.429. The molecule has 1 heterocycles. The first kappa shape index (κ1) is 16.5. The molecule has 1 unspecified atom stereocenters. The Balaban J connectivity index is 2.11. The highest BCUT2D eigenvalue weighted by Gasteiger charge is 2.21. The van der Waals surface area contributed by atoms with Gasteiger partial charge in [0.2, 0.25) is 0 Å². The summed E-state index contributed by atoms with van der Waals surface area (Å²) in [6.45, 7) is 6.69. The molecular weight excluding hydrogens is 286 g/mol. The first-order chi connectivity index (χ1) is 10.2. The Morgan fingerprint density at radius 2 is 2.24 bits per heavy atom. The number of halogens is 1. The van der Waals surface area contributed by atoms with Gasteiger partial charge in [0.25, 0.3) is 0 Å². The molecule has 1 fully saturated rings. The number of aromatic nitrogens is 1. The van der Waals surface area contributed by atoms with Crippen molar-refractivity contribution in [2.45, 2.75) is 51.7 Å². The van der Waals surface area contributed by atoms with Gasteiger partial charge in [-0.05, 0) is 38.3 Å². The predicted molar refractivity (Wildman–Crippen MR) is 88.1 cm³/mol. The molecule has 0 aromatic carbocycles. The molecule has 1 aromatic heterocycles. The molecule has 2 rings (SSSR count). The smallest absolute Gasteiger partial charge is 0.129 e. The van der Waals surface area contributed by atoms with Crippen LogP contribution in [0.4, 0.5) is 5.82 Å². The molecule has 118 valence electrons. The van der Waals surface area contributed by atoms with Crippen LogP contribution in [0, 0.1) is 0 Å². The standard InChI is InChI=1S/C16H26ClN3O/c1-4-12(2)20(9-10-21-3)16-8-7-14(17)15(19-16)11-18-13-5-6-13/h7-8,12-13,18H,4-6,9-11H2,1-3H3. The van der Waals surface area contributed by atoms with Gasteiger partial charge in [0.05, 0.1) is 17.3 Å². The van der Waals surface area contributed by atoms with E-state index < -0.39 is 0 Å². The zero-order chi connectivity index (χ0) is 15.2. The third-order valence-corrected chi connectivity index (χ3v) is 4.34. The topological polar surface area (TPSA) is 37.4 Å². The second kappa shape index (κ2) is 7.97. The predicted octanol–water partition coefficient (Wildman–Crippen LogP) is 3.24. The van der Waals surface area contributed by atoms with Gasteiger partial charge < -0.3 is 15.0 Å². The van der Waals surface area contributed by atoms with Crippen molar-refractivity contribution in [3.63, 3.8) is 0 Å². The average Bonchev–Trinajstić information content (AvgIpc) is 3.31. The fourth-order valence-corrected chi connectivity index (χ4v) is 2.43. The van der Waals surface area contributed by atoms with E-state index in [4.69, 9.17) is 21.3 Å². The molecule has 1 saturated carbocycles. The third kappa shape index (κ3) is 4.83. The summed E-state index contributed by atoms with van der Waals surface area (Å²) in [6.07, 6.45) is 3.61. The van der Waals surface area contributed by atoms with Crippen molar-refractivity contribution in [3.05, 3.63) is 22.8 Å². The Labute approximate surface area is 132 Å². The van der Waals surface area contributed by atoms with Crippen LogP contribution in [0.15, 0.2) is 12.1 Å². The van der Waals surface area contributed by atoms with Gasteiger partial charge in [0.1, 0.15) is 5.82 Å². The van der Waals surface area contributed by atoms with Crippen LogP contribution in [0.5, 0.6) is 0 Å². The first-order valence-corrected chi connectivity index (χ1v) is 8.17. The van der Waals surface area contributed by atoms with Crippen LogP contribution in [0.1, 0.15) is 38.8 Å². The van der Waals surface area contributed by atoms with Crippen molar-refractivity contribution in [1.82, 2.24) is 10.3 Å². The highest BCUT2D eigenvalue weighted by molar-refractivity contribution is 6.31. The summed E-state index contributed by atoms with van der Waals surface area (Å²) in [7, 11) is 1.73. The molecule has 0 radical (unpaired) electrons. The lowest BCUT2D eigenvalue weighted by atomic mass is 10.2. The molecule has 1 aromatic rings. The van der Waals surface area contributed by atoms with Gasteiger partial charge in [0, 0.05) is 32.3 Å². The van der Waals surface area contributed by atoms with Gasteiger partial charge >= 0.3 is 0 Å². The summed E-state index contributed by atoms with van der Waals surface area (Å²) >= 11 is 6.28. The number of hydrogen-bond acceptors (Lipinski definition) is 4. The maximum Gasteiger partial charge on any atom is 0.129 e. The molecule has 5 heteroatoms. The van der Waals surface area contributed by atoms with Crippen LogP contribution < -0.4 is 10.2 Å². The van der Waals surface area contributed by atoms with E-state index in [1.165, 1.54) is 12.8 Å². The van der Waals surface area contributed by atoms with Crippen molar-refractivity contribution >= 4 is 17.4 Å². The Kier molecular flexibility index (Phi) is 6.27. The summed E-state index contributed by atoms with van der Waals surface area (Å²) in [5.74, 6) is 0.985. The third-order valence-electron chi connectivity index (χ3n) is 3.99. The molecule has 1 N–H and O–H groups in total. The maximum absolute atomic E-state index is 6.28. The summed E-state index contributed by atoms with van der Waals surface area (Å²) in [5.41, 5.74) is 0.937. The molecule has 0 bridgehead atoms. The van der Waals surface area contributed by atoms with Gasteiger partial charge in [-0.1, -0.05) is 18.5 Å². The quantitative estimate of drug-likeness (QED) is 0.759. The average molecular weight is 312 g/mol. The van der Waals surface area contributed by atoms with Crippen LogP contribution in [-0.2, 0) is 11.3 Å². The molecule has 0 saturated heterocycles. The van der Waals surface area contributed by atoms with Crippen LogP contribution >= 0.6 is 11.6 Å². The van der Waals surface area contributed by atoms with Crippen LogP contribution in [0.2, 0.25) is 5.02 Å². The van der Waals surface area contributed by atoms with Crippen molar-refractivity contribution in [3.8, 4) is 0 Å². The van der Waals surface area contributed by atoms with Crippen molar-refractivity contribution < 1.29 is 4.74 Å². The molecule has 1 aliphatic carbocycles. The second-order valence-corrected chi connectivity index (χ2v) is 6.10. The van der Waals surface area contributed by atoms with E-state index in [0.29, 0.717) is 18.7 Å². The summed E-state index contributed by atoms with van der Waals surface area (Å²) in [6, 6.07) is 5.05. The monoisotopic (exact) mass is 311 g/mol. The summed E-state index contributed by atoms with van der Waals surface area (Å²) in [5, 5.41) is 4.21. The van der Waals surface area contributed by atoms with Gasteiger partial charge in [-0.3, -0.25) is 0 Å². The van der Waals surface area contributed by atoms with Gasteiger partial charge in [0.15, 0.2) is 0 Å². The van der Waals surface area contributed by atoms with E-state index in [0.717, 1.165) is 36.0 Å². The molecule has 0 aliphatic heterocycles. The van der Waals surface area contributed by atoms with E-state index in [1.54, 1.807) is 7.11 Å². The Morgan fingerprint density at radius 3 is 2.86 bits per heavy atom. The Morgan fingerprint density at radius 1 is 1.48 bits per heavy atom. The fourth-order valence-electron chi connectivity index (χ4n) is 2.26. The van der Waals surface area contributed by atoms with E-state index >= 15 is 0 Å². The number of hydrogen-bond donors (Lipinski definition) is 1. The summed E-state index contributed by atoms with van der Waals surface area (Å²) in [4.78, 5) is 7.06. The van der Waals surface area contributed by atoms with Gasteiger partial charge in [-0.2, -0.15) is 0 Å². The number of ether oxygens (including phenoxy) is 1. The molecule has 1 aliphatic rings. The number of rotatable bonds is 9. The maximum atomic E-state index is 6.28. The highest BCUT2D eigenvalue weighted by atomic mass is 35.5. The number of nitrogens with one attached hydrogen (secondary N) is 1. The largest absolute Gasteiger partial charge is 0.383 e. The minimum Gasteiger partial charge on any atom is -0.383 e. The van der Waals surface area contributed by atoms with Gasteiger partial charge in [-0.15, -0.1) is 0 Å². The fraction of sp³-hybridized carbons (Fsp3) is 0.688.